The fraction of sp³-hybridized carbons (Fsp3) is 0.125. The van der Waals surface area contributed by atoms with Crippen LogP contribution in [-0.4, -0.2) is 22.9 Å². The first-order chi connectivity index (χ1) is 11.8. The number of ether oxygens (including phenoxy) is 1. The Hall–Kier alpha value is -3.00. The van der Waals surface area contributed by atoms with Gasteiger partial charge in [-0.1, -0.05) is 17.7 Å². The van der Waals surface area contributed by atoms with Crippen LogP contribution in [0.1, 0.15) is 17.3 Å². The van der Waals surface area contributed by atoms with Crippen LogP contribution in [0.15, 0.2) is 42.5 Å². The molecule has 1 amide bonds. The summed E-state index contributed by atoms with van der Waals surface area (Å²) in [5.74, 6) is -2.20. The van der Waals surface area contributed by atoms with Crippen LogP contribution in [0.4, 0.5) is 15.8 Å². The first-order valence-corrected chi connectivity index (χ1v) is 7.37. The van der Waals surface area contributed by atoms with E-state index in [0.717, 1.165) is 18.2 Å². The second-order valence-corrected chi connectivity index (χ2v) is 5.38. The molecule has 0 saturated carbocycles. The number of carbonyl (C=O) groups is 2. The zero-order chi connectivity index (χ0) is 18.6. The first kappa shape index (κ1) is 18.3. The SMILES string of the molecule is C[C@H](OC(=O)c1ccc(F)cc1Cl)C(=O)Nc1cccc([N+](=O)[O-])c1. The number of non-ortho nitro benzene ring substituents is 1. The number of nitro groups is 1. The van der Waals surface area contributed by atoms with Crippen LogP contribution in [0.25, 0.3) is 0 Å². The second kappa shape index (κ2) is 7.71. The summed E-state index contributed by atoms with van der Waals surface area (Å²) < 4.78 is 18.0. The van der Waals surface area contributed by atoms with Crippen LogP contribution in [0.3, 0.4) is 0 Å². The summed E-state index contributed by atoms with van der Waals surface area (Å²) in [5, 5.41) is 13.0. The van der Waals surface area contributed by atoms with E-state index in [1.807, 2.05) is 0 Å². The molecule has 0 aromatic heterocycles. The third kappa shape index (κ3) is 4.74. The molecule has 2 aromatic carbocycles. The molecule has 0 fully saturated rings. The van der Waals surface area contributed by atoms with E-state index in [4.69, 9.17) is 16.3 Å². The number of amides is 1. The van der Waals surface area contributed by atoms with E-state index in [1.165, 1.54) is 31.2 Å². The number of rotatable bonds is 5. The van der Waals surface area contributed by atoms with Gasteiger partial charge in [0.15, 0.2) is 6.10 Å². The normalized spacial score (nSPS) is 11.5. The average molecular weight is 367 g/mol. The molecule has 0 saturated heterocycles. The number of carbonyl (C=O) groups excluding carboxylic acids is 2. The fourth-order valence-electron chi connectivity index (χ4n) is 1.87. The number of halogens is 2. The number of hydrogen-bond acceptors (Lipinski definition) is 5. The third-order valence-electron chi connectivity index (χ3n) is 3.13. The molecule has 0 unspecified atom stereocenters. The molecule has 0 aliphatic heterocycles. The van der Waals surface area contributed by atoms with Gasteiger partial charge < -0.3 is 10.1 Å². The monoisotopic (exact) mass is 366 g/mol. The van der Waals surface area contributed by atoms with Crippen molar-refractivity contribution >= 4 is 34.9 Å². The van der Waals surface area contributed by atoms with Crippen molar-refractivity contribution < 1.29 is 23.6 Å². The second-order valence-electron chi connectivity index (χ2n) is 4.97. The van der Waals surface area contributed by atoms with Crippen molar-refractivity contribution in [2.45, 2.75) is 13.0 Å². The van der Waals surface area contributed by atoms with E-state index in [9.17, 15) is 24.1 Å². The summed E-state index contributed by atoms with van der Waals surface area (Å²) in [6.07, 6.45) is -1.20. The molecular formula is C16H12ClFN2O5. The van der Waals surface area contributed by atoms with Crippen molar-refractivity contribution in [3.63, 3.8) is 0 Å². The number of anilines is 1. The standard InChI is InChI=1S/C16H12ClFN2O5/c1-9(25-16(22)13-6-5-10(18)7-14(13)17)15(21)19-11-3-2-4-12(8-11)20(23)24/h2-9H,1H3,(H,19,21)/t9-/m0/s1. The minimum atomic E-state index is -1.20. The number of hydrogen-bond donors (Lipinski definition) is 1. The van der Waals surface area contributed by atoms with Crippen molar-refractivity contribution in [1.82, 2.24) is 0 Å². The smallest absolute Gasteiger partial charge is 0.340 e. The Kier molecular flexibility index (Phi) is 5.66. The predicted octanol–water partition coefficient (Wildman–Crippen LogP) is 3.57. The quantitative estimate of drug-likeness (QED) is 0.495. The van der Waals surface area contributed by atoms with Gasteiger partial charge in [-0.25, -0.2) is 9.18 Å². The molecule has 0 spiro atoms. The highest BCUT2D eigenvalue weighted by Crippen LogP contribution is 2.20. The Morgan fingerprint density at radius 1 is 1.28 bits per heavy atom. The van der Waals surface area contributed by atoms with Crippen molar-refractivity contribution in [3.05, 3.63) is 69.0 Å². The van der Waals surface area contributed by atoms with E-state index in [1.54, 1.807) is 0 Å². The van der Waals surface area contributed by atoms with Gasteiger partial charge in [0.1, 0.15) is 5.82 Å². The van der Waals surface area contributed by atoms with Gasteiger partial charge >= 0.3 is 5.97 Å². The molecule has 2 rings (SSSR count). The lowest BCUT2D eigenvalue weighted by Crippen LogP contribution is -2.30. The zero-order valence-electron chi connectivity index (χ0n) is 12.9. The Labute approximate surface area is 146 Å². The molecule has 0 bridgehead atoms. The van der Waals surface area contributed by atoms with E-state index in [0.29, 0.717) is 0 Å². The zero-order valence-corrected chi connectivity index (χ0v) is 13.6. The average Bonchev–Trinajstić information content (AvgIpc) is 2.54. The maximum atomic E-state index is 13.0. The lowest BCUT2D eigenvalue weighted by atomic mass is 10.2. The van der Waals surface area contributed by atoms with E-state index in [-0.39, 0.29) is 22.0 Å². The predicted molar refractivity (Wildman–Crippen MR) is 88.0 cm³/mol. The summed E-state index contributed by atoms with van der Waals surface area (Å²) in [7, 11) is 0. The summed E-state index contributed by atoms with van der Waals surface area (Å²) in [6, 6.07) is 8.44. The maximum absolute atomic E-state index is 13.0. The van der Waals surface area contributed by atoms with Crippen molar-refractivity contribution in [2.24, 2.45) is 0 Å². The van der Waals surface area contributed by atoms with Crippen LogP contribution in [0.2, 0.25) is 5.02 Å². The highest BCUT2D eigenvalue weighted by Gasteiger charge is 2.21. The molecule has 25 heavy (non-hydrogen) atoms. The Morgan fingerprint density at radius 3 is 2.64 bits per heavy atom. The van der Waals surface area contributed by atoms with Gasteiger partial charge in [-0.3, -0.25) is 14.9 Å². The van der Waals surface area contributed by atoms with Gasteiger partial charge in [0.25, 0.3) is 11.6 Å². The Balaban J connectivity index is 2.03. The van der Waals surface area contributed by atoms with E-state index >= 15 is 0 Å². The lowest BCUT2D eigenvalue weighted by molar-refractivity contribution is -0.384. The van der Waals surface area contributed by atoms with Crippen LogP contribution in [0, 0.1) is 15.9 Å². The molecule has 2 aromatic rings. The minimum Gasteiger partial charge on any atom is -0.449 e. The van der Waals surface area contributed by atoms with Crippen LogP contribution in [0.5, 0.6) is 0 Å². The molecule has 7 nitrogen and oxygen atoms in total. The summed E-state index contributed by atoms with van der Waals surface area (Å²) in [6.45, 7) is 1.32. The highest BCUT2D eigenvalue weighted by atomic mass is 35.5. The van der Waals surface area contributed by atoms with Gasteiger partial charge in [-0.05, 0) is 31.2 Å². The molecule has 0 aliphatic rings. The Bertz CT molecular complexity index is 843. The number of nitro benzene ring substituents is 1. The largest absolute Gasteiger partial charge is 0.449 e. The molecular weight excluding hydrogens is 355 g/mol. The molecule has 0 heterocycles. The first-order valence-electron chi connectivity index (χ1n) is 6.99. The molecule has 0 aliphatic carbocycles. The van der Waals surface area contributed by atoms with Crippen molar-refractivity contribution in [2.75, 3.05) is 5.32 Å². The molecule has 1 N–H and O–H groups in total. The highest BCUT2D eigenvalue weighted by molar-refractivity contribution is 6.33. The molecule has 1 atom stereocenters. The van der Waals surface area contributed by atoms with E-state index < -0.39 is 28.7 Å². The van der Waals surface area contributed by atoms with Gasteiger partial charge in [0, 0.05) is 17.8 Å². The molecule has 0 radical (unpaired) electrons. The van der Waals surface area contributed by atoms with E-state index in [2.05, 4.69) is 5.32 Å². The third-order valence-corrected chi connectivity index (χ3v) is 3.44. The maximum Gasteiger partial charge on any atom is 0.340 e. The van der Waals surface area contributed by atoms with Crippen molar-refractivity contribution in [1.29, 1.82) is 0 Å². The molecule has 130 valence electrons. The van der Waals surface area contributed by atoms with Gasteiger partial charge in [0.05, 0.1) is 15.5 Å². The summed E-state index contributed by atoms with van der Waals surface area (Å²) in [5.41, 5.74) is -0.0967. The molecule has 9 heteroatoms. The number of nitrogens with one attached hydrogen (secondary N) is 1. The minimum absolute atomic E-state index is 0.0851. The summed E-state index contributed by atoms with van der Waals surface area (Å²) >= 11 is 5.76. The Morgan fingerprint density at radius 2 is 2.00 bits per heavy atom. The van der Waals surface area contributed by atoms with Crippen molar-refractivity contribution in [3.8, 4) is 0 Å². The summed E-state index contributed by atoms with van der Waals surface area (Å²) in [4.78, 5) is 34.2. The fourth-order valence-corrected chi connectivity index (χ4v) is 2.12. The lowest BCUT2D eigenvalue weighted by Gasteiger charge is -2.14. The number of benzene rings is 2. The van der Waals surface area contributed by atoms with Gasteiger partial charge in [-0.15, -0.1) is 0 Å². The van der Waals surface area contributed by atoms with Crippen LogP contribution >= 0.6 is 11.6 Å². The number of nitrogens with zero attached hydrogens (tertiary/aromatic N) is 1. The van der Waals surface area contributed by atoms with Crippen LogP contribution < -0.4 is 5.32 Å². The van der Waals surface area contributed by atoms with Gasteiger partial charge in [-0.2, -0.15) is 0 Å². The topological polar surface area (TPSA) is 98.5 Å². The number of esters is 1. The van der Waals surface area contributed by atoms with Gasteiger partial charge in [0.2, 0.25) is 0 Å². The van der Waals surface area contributed by atoms with Crippen LogP contribution in [-0.2, 0) is 9.53 Å².